The lowest BCUT2D eigenvalue weighted by atomic mass is 9.98. The Hall–Kier alpha value is -1.36. The summed E-state index contributed by atoms with van der Waals surface area (Å²) in [7, 11) is 0. The molecule has 2 aromatic rings. The van der Waals surface area contributed by atoms with E-state index in [1.165, 1.54) is 10.5 Å². The van der Waals surface area contributed by atoms with Gasteiger partial charge in [0.2, 0.25) is 0 Å². The second kappa shape index (κ2) is 5.56. The van der Waals surface area contributed by atoms with Crippen molar-refractivity contribution in [3.05, 3.63) is 65.0 Å². The Kier molecular flexibility index (Phi) is 3.78. The number of halogens is 1. The number of nitrogens with one attached hydrogen (secondary N) is 1. The van der Waals surface area contributed by atoms with Crippen LogP contribution in [0.25, 0.3) is 0 Å². The van der Waals surface area contributed by atoms with Gasteiger partial charge in [-0.05, 0) is 42.2 Å². The summed E-state index contributed by atoms with van der Waals surface area (Å²) in [5, 5.41) is 0.291. The molecule has 1 aliphatic rings. The van der Waals surface area contributed by atoms with Gasteiger partial charge >= 0.3 is 0 Å². The van der Waals surface area contributed by atoms with Crippen molar-refractivity contribution in [2.75, 3.05) is 0 Å². The third-order valence-corrected chi connectivity index (χ3v) is 5.17. The number of hydrogen-bond donors (Lipinski definition) is 2. The normalized spacial score (nSPS) is 18.9. The molecule has 104 valence electrons. The maximum Gasteiger partial charge on any atom is 0.126 e. The van der Waals surface area contributed by atoms with E-state index in [-0.39, 0.29) is 11.9 Å². The van der Waals surface area contributed by atoms with E-state index >= 15 is 0 Å². The molecule has 2 nitrogen and oxygen atoms in total. The molecule has 0 aromatic heterocycles. The predicted octanol–water partition coefficient (Wildman–Crippen LogP) is 3.36. The number of thioether (sulfide) groups is 1. The van der Waals surface area contributed by atoms with Crippen LogP contribution < -0.4 is 11.3 Å². The molecule has 0 saturated heterocycles. The van der Waals surface area contributed by atoms with Gasteiger partial charge in [0.1, 0.15) is 5.82 Å². The number of nitrogens with two attached hydrogens (primary N) is 1. The van der Waals surface area contributed by atoms with E-state index in [0.717, 1.165) is 12.0 Å². The molecule has 2 unspecified atom stereocenters. The molecule has 2 atom stereocenters. The van der Waals surface area contributed by atoms with Gasteiger partial charge in [-0.1, -0.05) is 30.3 Å². The first-order valence-electron chi connectivity index (χ1n) is 6.66. The minimum Gasteiger partial charge on any atom is -0.271 e. The van der Waals surface area contributed by atoms with Crippen molar-refractivity contribution in [1.29, 1.82) is 0 Å². The fourth-order valence-electron chi connectivity index (χ4n) is 2.62. The molecular weight excluding hydrogens is 271 g/mol. The van der Waals surface area contributed by atoms with Crippen LogP contribution >= 0.6 is 11.8 Å². The van der Waals surface area contributed by atoms with Crippen LogP contribution in [0.2, 0.25) is 0 Å². The molecule has 1 heterocycles. The minimum atomic E-state index is -0.178. The molecule has 0 fully saturated rings. The highest BCUT2D eigenvalue weighted by molar-refractivity contribution is 8.00. The molecule has 0 bridgehead atoms. The van der Waals surface area contributed by atoms with Gasteiger partial charge in [-0.3, -0.25) is 11.3 Å². The highest BCUT2D eigenvalue weighted by Gasteiger charge is 2.30. The summed E-state index contributed by atoms with van der Waals surface area (Å²) in [6.45, 7) is 1.77. The van der Waals surface area contributed by atoms with E-state index in [4.69, 9.17) is 5.84 Å². The zero-order valence-electron chi connectivity index (χ0n) is 11.3. The van der Waals surface area contributed by atoms with E-state index < -0.39 is 0 Å². The zero-order chi connectivity index (χ0) is 14.1. The molecule has 0 saturated carbocycles. The van der Waals surface area contributed by atoms with Gasteiger partial charge in [-0.2, -0.15) is 0 Å². The minimum absolute atomic E-state index is 0.0532. The Labute approximate surface area is 122 Å². The lowest BCUT2D eigenvalue weighted by molar-refractivity contribution is 0.526. The quantitative estimate of drug-likeness (QED) is 0.672. The number of hydrogen-bond acceptors (Lipinski definition) is 3. The molecule has 4 heteroatoms. The molecule has 0 radical (unpaired) electrons. The van der Waals surface area contributed by atoms with E-state index in [1.54, 1.807) is 13.0 Å². The smallest absolute Gasteiger partial charge is 0.126 e. The van der Waals surface area contributed by atoms with Crippen LogP contribution in [0.3, 0.4) is 0 Å². The van der Waals surface area contributed by atoms with Crippen LogP contribution in [0.15, 0.2) is 47.4 Å². The largest absolute Gasteiger partial charge is 0.271 e. The Balaban J connectivity index is 1.87. The lowest BCUT2D eigenvalue weighted by Crippen LogP contribution is -2.35. The van der Waals surface area contributed by atoms with E-state index in [1.807, 2.05) is 30.0 Å². The topological polar surface area (TPSA) is 38.0 Å². The van der Waals surface area contributed by atoms with E-state index in [2.05, 4.69) is 23.6 Å². The van der Waals surface area contributed by atoms with Gasteiger partial charge in [0.05, 0.1) is 6.04 Å². The molecule has 0 amide bonds. The van der Waals surface area contributed by atoms with Crippen molar-refractivity contribution in [2.45, 2.75) is 29.5 Å². The number of fused-ring (bicyclic) bond motifs is 1. The predicted molar refractivity (Wildman–Crippen MR) is 81.0 cm³/mol. The maximum atomic E-state index is 13.8. The van der Waals surface area contributed by atoms with Crippen molar-refractivity contribution < 1.29 is 4.39 Å². The second-order valence-electron chi connectivity index (χ2n) is 5.12. The molecule has 20 heavy (non-hydrogen) atoms. The number of rotatable bonds is 3. The van der Waals surface area contributed by atoms with Crippen LogP contribution in [0.1, 0.15) is 22.7 Å². The monoisotopic (exact) mass is 288 g/mol. The first kappa shape index (κ1) is 13.6. The van der Waals surface area contributed by atoms with Gasteiger partial charge in [0, 0.05) is 10.1 Å². The van der Waals surface area contributed by atoms with Gasteiger partial charge in [-0.15, -0.1) is 11.8 Å². The first-order valence-corrected chi connectivity index (χ1v) is 7.54. The summed E-state index contributed by atoms with van der Waals surface area (Å²) in [4.78, 5) is 1.30. The Morgan fingerprint density at radius 3 is 2.80 bits per heavy atom. The second-order valence-corrected chi connectivity index (χ2v) is 6.40. The third-order valence-electron chi connectivity index (χ3n) is 3.78. The molecule has 1 aliphatic heterocycles. The molecule has 3 N–H and O–H groups in total. The Bertz CT molecular complexity index is 605. The molecular formula is C16H17FN2S. The van der Waals surface area contributed by atoms with Crippen LogP contribution in [0.4, 0.5) is 4.39 Å². The SMILES string of the molecule is Cc1ccc(C(NN)C2Cc3ccccc3S2)cc1F. The molecule has 0 spiro atoms. The van der Waals surface area contributed by atoms with Gasteiger partial charge in [0.15, 0.2) is 0 Å². The Morgan fingerprint density at radius 1 is 1.30 bits per heavy atom. The van der Waals surface area contributed by atoms with Crippen LogP contribution in [0, 0.1) is 12.7 Å². The fraction of sp³-hybridized carbons (Fsp3) is 0.250. The van der Waals surface area contributed by atoms with Crippen molar-refractivity contribution in [3.8, 4) is 0 Å². The van der Waals surface area contributed by atoms with Gasteiger partial charge in [0.25, 0.3) is 0 Å². The fourth-order valence-corrected chi connectivity index (χ4v) is 4.04. The average Bonchev–Trinajstić information content (AvgIpc) is 2.87. The lowest BCUT2D eigenvalue weighted by Gasteiger charge is -2.22. The van der Waals surface area contributed by atoms with Crippen molar-refractivity contribution in [3.63, 3.8) is 0 Å². The van der Waals surface area contributed by atoms with Crippen LogP contribution in [-0.2, 0) is 6.42 Å². The van der Waals surface area contributed by atoms with Crippen molar-refractivity contribution in [2.24, 2.45) is 5.84 Å². The highest BCUT2D eigenvalue weighted by atomic mass is 32.2. The highest BCUT2D eigenvalue weighted by Crippen LogP contribution is 2.42. The van der Waals surface area contributed by atoms with Crippen LogP contribution in [0.5, 0.6) is 0 Å². The van der Waals surface area contributed by atoms with Crippen LogP contribution in [-0.4, -0.2) is 5.25 Å². The summed E-state index contributed by atoms with van der Waals surface area (Å²) >= 11 is 1.81. The average molecular weight is 288 g/mol. The summed E-state index contributed by atoms with van der Waals surface area (Å²) in [5.41, 5.74) is 5.76. The standard InChI is InChI=1S/C16H17FN2S/c1-10-6-7-12(8-13(10)17)16(19-18)15-9-11-4-2-3-5-14(11)20-15/h2-8,15-16,19H,9,18H2,1H3. The maximum absolute atomic E-state index is 13.8. The third kappa shape index (κ3) is 2.46. The summed E-state index contributed by atoms with van der Waals surface area (Å²) < 4.78 is 13.8. The summed E-state index contributed by atoms with van der Waals surface area (Å²) in [6.07, 6.45) is 0.950. The summed E-state index contributed by atoms with van der Waals surface area (Å²) in [5.74, 6) is 5.54. The zero-order valence-corrected chi connectivity index (χ0v) is 12.1. The van der Waals surface area contributed by atoms with Gasteiger partial charge < -0.3 is 0 Å². The molecule has 3 rings (SSSR count). The number of benzene rings is 2. The molecule has 2 aromatic carbocycles. The number of hydrazine groups is 1. The van der Waals surface area contributed by atoms with Gasteiger partial charge in [-0.25, -0.2) is 4.39 Å². The van der Waals surface area contributed by atoms with E-state index in [0.29, 0.717) is 10.8 Å². The van der Waals surface area contributed by atoms with Crippen molar-refractivity contribution in [1.82, 2.24) is 5.43 Å². The first-order chi connectivity index (χ1) is 9.69. The number of aryl methyl sites for hydroxylation is 1. The molecule has 0 aliphatic carbocycles. The van der Waals surface area contributed by atoms with Crippen molar-refractivity contribution >= 4 is 11.8 Å². The Morgan fingerprint density at radius 2 is 2.10 bits per heavy atom. The van der Waals surface area contributed by atoms with E-state index in [9.17, 15) is 4.39 Å². The summed E-state index contributed by atoms with van der Waals surface area (Å²) in [6, 6.07) is 13.7.